The van der Waals surface area contributed by atoms with E-state index in [1.165, 1.54) is 4.57 Å². The number of aromatic nitrogens is 2. The maximum absolute atomic E-state index is 12.4. The van der Waals surface area contributed by atoms with E-state index in [1.807, 2.05) is 9.80 Å². The second-order valence-electron chi connectivity index (χ2n) is 6.42. The summed E-state index contributed by atoms with van der Waals surface area (Å²) in [6.45, 7) is 2.39. The molecule has 2 aliphatic heterocycles. The van der Waals surface area contributed by atoms with E-state index in [9.17, 15) is 9.59 Å². The molecule has 0 saturated carbocycles. The zero-order chi connectivity index (χ0) is 17.9. The number of amides is 1. The smallest absolute Gasteiger partial charge is 0.293 e. The lowest BCUT2D eigenvalue weighted by molar-refractivity contribution is -0.131. The summed E-state index contributed by atoms with van der Waals surface area (Å²) < 4.78 is 1.51. The number of carbonyl (C=O) groups excluding carboxylic acids is 1. The van der Waals surface area contributed by atoms with Gasteiger partial charge < -0.3 is 14.4 Å². The van der Waals surface area contributed by atoms with Crippen molar-refractivity contribution in [2.45, 2.75) is 31.3 Å². The van der Waals surface area contributed by atoms with E-state index in [0.29, 0.717) is 57.7 Å². The zero-order valence-electron chi connectivity index (χ0n) is 14.4. The van der Waals surface area contributed by atoms with Gasteiger partial charge in [-0.05, 0) is 0 Å². The molecule has 0 radical (unpaired) electrons. The van der Waals surface area contributed by atoms with Gasteiger partial charge in [-0.15, -0.1) is 12.3 Å². The van der Waals surface area contributed by atoms with Crippen molar-refractivity contribution in [1.82, 2.24) is 14.5 Å². The third-order valence-electron chi connectivity index (χ3n) is 4.72. The van der Waals surface area contributed by atoms with Crippen LogP contribution >= 0.6 is 0 Å². The molecule has 1 fully saturated rings. The molecule has 0 unspecified atom stereocenters. The fourth-order valence-electron chi connectivity index (χ4n) is 3.00. The fourth-order valence-corrected chi connectivity index (χ4v) is 3.00. The van der Waals surface area contributed by atoms with Crippen molar-refractivity contribution in [1.29, 1.82) is 0 Å². The lowest BCUT2D eigenvalue weighted by atomic mass is 10.0. The van der Waals surface area contributed by atoms with E-state index in [1.54, 1.807) is 19.4 Å². The van der Waals surface area contributed by atoms with Crippen molar-refractivity contribution in [2.75, 3.05) is 31.1 Å². The molecule has 8 nitrogen and oxygen atoms in total. The Balaban J connectivity index is 1.49. The molecule has 2 aliphatic rings. The number of hydrogen-bond acceptors (Lipinski definition) is 6. The van der Waals surface area contributed by atoms with Crippen molar-refractivity contribution in [3.05, 3.63) is 22.7 Å². The summed E-state index contributed by atoms with van der Waals surface area (Å²) in [7, 11) is 1.71. The van der Waals surface area contributed by atoms with E-state index in [0.717, 1.165) is 0 Å². The highest BCUT2D eigenvalue weighted by Gasteiger charge is 2.39. The zero-order valence-corrected chi connectivity index (χ0v) is 14.4. The van der Waals surface area contributed by atoms with Gasteiger partial charge in [0.1, 0.15) is 0 Å². The Morgan fingerprint density at radius 3 is 2.64 bits per heavy atom. The molecule has 8 heteroatoms. The summed E-state index contributed by atoms with van der Waals surface area (Å²) in [5.74, 6) is 3.14. The minimum absolute atomic E-state index is 0.103. The summed E-state index contributed by atoms with van der Waals surface area (Å²) in [6, 6.07) is 0. The number of hydrogen-bond donors (Lipinski definition) is 0. The van der Waals surface area contributed by atoms with Gasteiger partial charge in [-0.1, -0.05) is 0 Å². The van der Waals surface area contributed by atoms with Crippen LogP contribution in [0.15, 0.2) is 27.4 Å². The molecule has 0 N–H and O–H groups in total. The predicted octanol–water partition coefficient (Wildman–Crippen LogP) is 0.785. The quantitative estimate of drug-likeness (QED) is 0.716. The molecule has 1 aromatic heterocycles. The maximum atomic E-state index is 12.4. The summed E-state index contributed by atoms with van der Waals surface area (Å²) in [5, 5.41) is 8.13. The number of rotatable bonds is 6. The molecule has 0 spiro atoms. The summed E-state index contributed by atoms with van der Waals surface area (Å²) in [4.78, 5) is 32.5. The van der Waals surface area contributed by atoms with Gasteiger partial charge in [0.15, 0.2) is 11.5 Å². The van der Waals surface area contributed by atoms with Crippen molar-refractivity contribution < 1.29 is 4.79 Å². The second kappa shape index (κ2) is 7.05. The first-order valence-electron chi connectivity index (χ1n) is 8.46. The van der Waals surface area contributed by atoms with E-state index in [2.05, 4.69) is 21.1 Å². The van der Waals surface area contributed by atoms with Crippen molar-refractivity contribution in [2.24, 2.45) is 17.3 Å². The molecule has 0 aliphatic carbocycles. The van der Waals surface area contributed by atoms with Crippen LogP contribution in [-0.4, -0.2) is 52.2 Å². The normalized spacial score (nSPS) is 18.1. The van der Waals surface area contributed by atoms with Crippen LogP contribution in [0.4, 0.5) is 5.82 Å². The first-order chi connectivity index (χ1) is 12.0. The summed E-state index contributed by atoms with van der Waals surface area (Å²) in [5.41, 5.74) is -0.529. The lowest BCUT2D eigenvalue weighted by Crippen LogP contribution is -2.50. The molecular weight excluding hydrogens is 320 g/mol. The topological polar surface area (TPSA) is 83.2 Å². The highest BCUT2D eigenvalue weighted by Crippen LogP contribution is 2.37. The van der Waals surface area contributed by atoms with Crippen molar-refractivity contribution in [3.63, 3.8) is 0 Å². The Bertz CT molecular complexity index is 764. The molecule has 1 amide bonds. The van der Waals surface area contributed by atoms with E-state index >= 15 is 0 Å². The number of piperazine rings is 1. The van der Waals surface area contributed by atoms with Crippen LogP contribution < -0.4 is 10.5 Å². The van der Waals surface area contributed by atoms with Gasteiger partial charge in [0, 0.05) is 71.3 Å². The predicted molar refractivity (Wildman–Crippen MR) is 93.2 cm³/mol. The fraction of sp³-hybridized carbons (Fsp3) is 0.588. The Morgan fingerprint density at radius 1 is 1.28 bits per heavy atom. The van der Waals surface area contributed by atoms with Crippen LogP contribution in [-0.2, 0) is 11.8 Å². The SMILES string of the molecule is C#CCCC1(CCC(=O)N2CCN(c3nccn(C)c3=O)CC2)N=N1. The number of aryl methyl sites for hydroxylation is 1. The average Bonchev–Trinajstić information content (AvgIpc) is 3.41. The first kappa shape index (κ1) is 17.1. The van der Waals surface area contributed by atoms with E-state index < -0.39 is 5.66 Å². The first-order valence-corrected chi connectivity index (χ1v) is 8.46. The Kier molecular flexibility index (Phi) is 4.83. The third-order valence-corrected chi connectivity index (χ3v) is 4.72. The van der Waals surface area contributed by atoms with Gasteiger partial charge in [-0.2, -0.15) is 10.2 Å². The molecule has 0 atom stereocenters. The van der Waals surface area contributed by atoms with Crippen LogP contribution in [0.25, 0.3) is 0 Å². The number of carbonyl (C=O) groups is 1. The van der Waals surface area contributed by atoms with Crippen molar-refractivity contribution in [3.8, 4) is 12.3 Å². The molecule has 3 rings (SSSR count). The molecule has 132 valence electrons. The Hall–Kier alpha value is -2.69. The Morgan fingerprint density at radius 2 is 2.00 bits per heavy atom. The third kappa shape index (κ3) is 3.87. The molecule has 3 heterocycles. The molecular formula is C17H22N6O2. The Labute approximate surface area is 146 Å². The summed E-state index contributed by atoms with van der Waals surface area (Å²) >= 11 is 0. The maximum Gasteiger partial charge on any atom is 0.293 e. The number of nitrogens with zero attached hydrogens (tertiary/aromatic N) is 6. The largest absolute Gasteiger partial charge is 0.348 e. The highest BCUT2D eigenvalue weighted by atomic mass is 16.2. The van der Waals surface area contributed by atoms with Gasteiger partial charge in [0.05, 0.1) is 0 Å². The van der Waals surface area contributed by atoms with Crippen molar-refractivity contribution >= 4 is 11.7 Å². The van der Waals surface area contributed by atoms with Gasteiger partial charge in [0.2, 0.25) is 5.91 Å². The van der Waals surface area contributed by atoms with Gasteiger partial charge >= 0.3 is 0 Å². The molecule has 1 saturated heterocycles. The minimum Gasteiger partial charge on any atom is -0.348 e. The number of terminal acetylenes is 1. The molecule has 0 bridgehead atoms. The van der Waals surface area contributed by atoms with Gasteiger partial charge in [-0.25, -0.2) is 4.98 Å². The van der Waals surface area contributed by atoms with Gasteiger partial charge in [0.25, 0.3) is 5.56 Å². The second-order valence-corrected chi connectivity index (χ2v) is 6.42. The van der Waals surface area contributed by atoms with Crippen LogP contribution in [0.3, 0.4) is 0 Å². The molecule has 1 aromatic rings. The van der Waals surface area contributed by atoms with Crippen LogP contribution in [0.5, 0.6) is 0 Å². The van der Waals surface area contributed by atoms with Gasteiger partial charge in [-0.3, -0.25) is 9.59 Å². The average molecular weight is 342 g/mol. The minimum atomic E-state index is -0.413. The lowest BCUT2D eigenvalue weighted by Gasteiger charge is -2.35. The van der Waals surface area contributed by atoms with E-state index in [4.69, 9.17) is 6.42 Å². The van der Waals surface area contributed by atoms with E-state index in [-0.39, 0.29) is 11.5 Å². The molecule has 25 heavy (non-hydrogen) atoms. The highest BCUT2D eigenvalue weighted by molar-refractivity contribution is 5.76. The van der Waals surface area contributed by atoms with Crippen LogP contribution in [0.2, 0.25) is 0 Å². The van der Waals surface area contributed by atoms with Crippen LogP contribution in [0.1, 0.15) is 25.7 Å². The van der Waals surface area contributed by atoms with Crippen LogP contribution in [0, 0.1) is 12.3 Å². The standard InChI is InChI=1S/C17H22N6O2/c1-3-4-6-17(19-20-17)7-5-14(24)22-10-12-23(13-11-22)15-16(25)21(2)9-8-18-15/h1,8-9H,4-7,10-13H2,2H3. The molecule has 0 aromatic carbocycles. The monoisotopic (exact) mass is 342 g/mol. The number of anilines is 1. The summed E-state index contributed by atoms with van der Waals surface area (Å²) in [6.07, 6.45) is 10.9.